The Morgan fingerprint density at radius 1 is 1.59 bits per heavy atom. The minimum absolute atomic E-state index is 0.202. The smallest absolute Gasteiger partial charge is 0.222 e. The summed E-state index contributed by atoms with van der Waals surface area (Å²) in [5.74, 6) is 0.857. The normalized spacial score (nSPS) is 19.6. The van der Waals surface area contributed by atoms with Crippen LogP contribution in [-0.2, 0) is 4.79 Å². The summed E-state index contributed by atoms with van der Waals surface area (Å²) in [6.07, 6.45) is 4.51. The van der Waals surface area contributed by atoms with E-state index in [9.17, 15) is 4.79 Å². The molecule has 1 aliphatic rings. The average molecular weight is 237 g/mol. The summed E-state index contributed by atoms with van der Waals surface area (Å²) in [5.41, 5.74) is 0. The topological polar surface area (TPSA) is 56.1 Å². The summed E-state index contributed by atoms with van der Waals surface area (Å²) < 4.78 is 0. The SMILES string of the molecule is CCN(CCC#N)C(=O)CCC1CCCNC1. The molecule has 96 valence electrons. The molecule has 0 aromatic rings. The largest absolute Gasteiger partial charge is 0.342 e. The maximum Gasteiger partial charge on any atom is 0.222 e. The quantitative estimate of drug-likeness (QED) is 0.762. The third-order valence-corrected chi connectivity index (χ3v) is 3.39. The minimum Gasteiger partial charge on any atom is -0.342 e. The standard InChI is InChI=1S/C13H23N3O/c1-2-16(10-4-8-14)13(17)7-6-12-5-3-9-15-11-12/h12,15H,2-7,9-11H2,1H3. The number of amides is 1. The Morgan fingerprint density at radius 2 is 2.41 bits per heavy atom. The number of nitriles is 1. The second-order valence-electron chi connectivity index (χ2n) is 4.63. The number of nitrogens with one attached hydrogen (secondary N) is 1. The van der Waals surface area contributed by atoms with Crippen molar-refractivity contribution in [2.24, 2.45) is 5.92 Å². The molecule has 1 amide bonds. The zero-order valence-corrected chi connectivity index (χ0v) is 10.7. The van der Waals surface area contributed by atoms with Crippen molar-refractivity contribution in [3.05, 3.63) is 0 Å². The minimum atomic E-state index is 0.202. The van der Waals surface area contributed by atoms with E-state index in [2.05, 4.69) is 11.4 Å². The van der Waals surface area contributed by atoms with E-state index in [1.807, 2.05) is 6.92 Å². The summed E-state index contributed by atoms with van der Waals surface area (Å²) >= 11 is 0. The Morgan fingerprint density at radius 3 is 3.00 bits per heavy atom. The molecule has 0 aromatic carbocycles. The zero-order valence-electron chi connectivity index (χ0n) is 10.7. The number of nitrogens with zero attached hydrogens (tertiary/aromatic N) is 2. The number of piperidine rings is 1. The fraction of sp³-hybridized carbons (Fsp3) is 0.846. The molecular formula is C13H23N3O. The predicted octanol–water partition coefficient (Wildman–Crippen LogP) is 1.53. The van der Waals surface area contributed by atoms with Crippen LogP contribution in [0.5, 0.6) is 0 Å². The van der Waals surface area contributed by atoms with Crippen LogP contribution in [0.25, 0.3) is 0 Å². The molecule has 0 saturated carbocycles. The van der Waals surface area contributed by atoms with Gasteiger partial charge in [-0.05, 0) is 45.2 Å². The summed E-state index contributed by atoms with van der Waals surface area (Å²) in [6, 6.07) is 2.09. The predicted molar refractivity (Wildman–Crippen MR) is 67.3 cm³/mol. The van der Waals surface area contributed by atoms with Gasteiger partial charge in [-0.15, -0.1) is 0 Å². The van der Waals surface area contributed by atoms with Crippen LogP contribution in [0, 0.1) is 17.2 Å². The highest BCUT2D eigenvalue weighted by molar-refractivity contribution is 5.76. The van der Waals surface area contributed by atoms with Crippen molar-refractivity contribution in [2.45, 2.75) is 39.0 Å². The molecule has 0 aliphatic carbocycles. The van der Waals surface area contributed by atoms with Crippen LogP contribution in [0.3, 0.4) is 0 Å². The van der Waals surface area contributed by atoms with Crippen molar-refractivity contribution >= 4 is 5.91 Å². The third-order valence-electron chi connectivity index (χ3n) is 3.39. The number of hydrogen-bond acceptors (Lipinski definition) is 3. The summed E-state index contributed by atoms with van der Waals surface area (Å²) in [7, 11) is 0. The van der Waals surface area contributed by atoms with Crippen LogP contribution in [0.4, 0.5) is 0 Å². The van der Waals surface area contributed by atoms with Gasteiger partial charge in [0.25, 0.3) is 0 Å². The number of hydrogen-bond donors (Lipinski definition) is 1. The van der Waals surface area contributed by atoms with Gasteiger partial charge >= 0.3 is 0 Å². The Labute approximate surface area is 104 Å². The average Bonchev–Trinajstić information content (AvgIpc) is 2.38. The Bertz CT molecular complexity index is 266. The van der Waals surface area contributed by atoms with Crippen LogP contribution in [0.1, 0.15) is 39.0 Å². The lowest BCUT2D eigenvalue weighted by molar-refractivity contribution is -0.131. The summed E-state index contributed by atoms with van der Waals surface area (Å²) in [6.45, 7) is 5.43. The molecule has 1 aliphatic heterocycles. The first-order valence-electron chi connectivity index (χ1n) is 6.63. The van der Waals surface area contributed by atoms with Gasteiger partial charge in [0.1, 0.15) is 0 Å². The first-order chi connectivity index (χ1) is 8.27. The maximum absolute atomic E-state index is 11.9. The Kier molecular flexibility index (Phi) is 6.64. The van der Waals surface area contributed by atoms with Gasteiger partial charge in [0.2, 0.25) is 5.91 Å². The fourth-order valence-electron chi connectivity index (χ4n) is 2.30. The van der Waals surface area contributed by atoms with Crippen molar-refractivity contribution in [3.63, 3.8) is 0 Å². The molecule has 1 unspecified atom stereocenters. The van der Waals surface area contributed by atoms with Gasteiger partial charge in [0, 0.05) is 19.5 Å². The molecule has 1 fully saturated rings. The highest BCUT2D eigenvalue weighted by Crippen LogP contribution is 2.16. The van der Waals surface area contributed by atoms with Gasteiger partial charge in [0.05, 0.1) is 12.5 Å². The zero-order chi connectivity index (χ0) is 12.5. The van der Waals surface area contributed by atoms with Gasteiger partial charge in [0.15, 0.2) is 0 Å². The van der Waals surface area contributed by atoms with E-state index in [1.54, 1.807) is 4.90 Å². The Hall–Kier alpha value is -1.08. The van der Waals surface area contributed by atoms with Crippen molar-refractivity contribution in [2.75, 3.05) is 26.2 Å². The van der Waals surface area contributed by atoms with Crippen molar-refractivity contribution in [3.8, 4) is 6.07 Å². The fourth-order valence-corrected chi connectivity index (χ4v) is 2.30. The van der Waals surface area contributed by atoms with E-state index < -0.39 is 0 Å². The molecule has 17 heavy (non-hydrogen) atoms. The van der Waals surface area contributed by atoms with E-state index in [1.165, 1.54) is 12.8 Å². The monoisotopic (exact) mass is 237 g/mol. The molecular weight excluding hydrogens is 214 g/mol. The highest BCUT2D eigenvalue weighted by Gasteiger charge is 2.16. The van der Waals surface area contributed by atoms with E-state index in [0.29, 0.717) is 31.8 Å². The second kappa shape index (κ2) is 8.08. The lowest BCUT2D eigenvalue weighted by Crippen LogP contribution is -2.34. The van der Waals surface area contributed by atoms with E-state index in [4.69, 9.17) is 5.26 Å². The number of rotatable bonds is 6. The van der Waals surface area contributed by atoms with Crippen LogP contribution in [0.15, 0.2) is 0 Å². The molecule has 4 heteroatoms. The first-order valence-corrected chi connectivity index (χ1v) is 6.63. The Balaban J connectivity index is 2.24. The molecule has 0 spiro atoms. The number of carbonyl (C=O) groups is 1. The molecule has 0 bridgehead atoms. The first kappa shape index (κ1) is 14.0. The van der Waals surface area contributed by atoms with Crippen LogP contribution >= 0.6 is 0 Å². The molecule has 1 N–H and O–H groups in total. The van der Waals surface area contributed by atoms with Gasteiger partial charge in [-0.25, -0.2) is 0 Å². The molecule has 0 radical (unpaired) electrons. The van der Waals surface area contributed by atoms with Gasteiger partial charge in [-0.1, -0.05) is 0 Å². The van der Waals surface area contributed by atoms with Crippen molar-refractivity contribution < 1.29 is 4.79 Å². The lowest BCUT2D eigenvalue weighted by atomic mass is 9.94. The van der Waals surface area contributed by atoms with Gasteiger partial charge < -0.3 is 10.2 Å². The molecule has 4 nitrogen and oxygen atoms in total. The van der Waals surface area contributed by atoms with E-state index in [-0.39, 0.29) is 5.91 Å². The molecule has 1 saturated heterocycles. The van der Waals surface area contributed by atoms with Crippen molar-refractivity contribution in [1.29, 1.82) is 5.26 Å². The van der Waals surface area contributed by atoms with E-state index >= 15 is 0 Å². The molecule has 1 rings (SSSR count). The second-order valence-corrected chi connectivity index (χ2v) is 4.63. The summed E-state index contributed by atoms with van der Waals surface area (Å²) in [4.78, 5) is 13.7. The third kappa shape index (κ3) is 5.18. The number of carbonyl (C=O) groups excluding carboxylic acids is 1. The van der Waals surface area contributed by atoms with Gasteiger partial charge in [-0.3, -0.25) is 4.79 Å². The summed E-state index contributed by atoms with van der Waals surface area (Å²) in [5, 5.41) is 11.9. The van der Waals surface area contributed by atoms with Gasteiger partial charge in [-0.2, -0.15) is 5.26 Å². The molecule has 1 heterocycles. The lowest BCUT2D eigenvalue weighted by Gasteiger charge is -2.24. The van der Waals surface area contributed by atoms with Crippen LogP contribution < -0.4 is 5.32 Å². The highest BCUT2D eigenvalue weighted by atomic mass is 16.2. The van der Waals surface area contributed by atoms with E-state index in [0.717, 1.165) is 19.5 Å². The van der Waals surface area contributed by atoms with Crippen molar-refractivity contribution in [1.82, 2.24) is 10.2 Å². The maximum atomic E-state index is 11.9. The van der Waals surface area contributed by atoms with Crippen LogP contribution in [-0.4, -0.2) is 37.0 Å². The van der Waals surface area contributed by atoms with Crippen LogP contribution in [0.2, 0.25) is 0 Å². The molecule has 1 atom stereocenters. The molecule has 0 aromatic heterocycles.